The van der Waals surface area contributed by atoms with Crippen LogP contribution in [0.15, 0.2) is 57.4 Å². The van der Waals surface area contributed by atoms with Crippen LogP contribution in [0.1, 0.15) is 11.8 Å². The molecule has 0 N–H and O–H groups in total. The molecular formula is C18H8Cl6N4O2. The van der Waals surface area contributed by atoms with Gasteiger partial charge in [0.05, 0.1) is 0 Å². The van der Waals surface area contributed by atoms with Gasteiger partial charge in [0.2, 0.25) is 11.8 Å². The summed E-state index contributed by atoms with van der Waals surface area (Å²) in [6.45, 7) is 0. The molecule has 12 heteroatoms. The maximum Gasteiger partial charge on any atom is 0.268 e. The third-order valence-electron chi connectivity index (χ3n) is 3.93. The molecule has 0 amide bonds. The zero-order valence-corrected chi connectivity index (χ0v) is 19.0. The second-order valence-corrected chi connectivity index (χ2v) is 10.5. The molecule has 154 valence electrons. The number of aromatic nitrogens is 4. The largest absolute Gasteiger partial charge is 0.416 e. The minimum atomic E-state index is -1.77. The quantitative estimate of drug-likeness (QED) is 0.266. The predicted molar refractivity (Wildman–Crippen MR) is 117 cm³/mol. The number of hydrogen-bond acceptors (Lipinski definition) is 6. The third-order valence-corrected chi connectivity index (χ3v) is 4.90. The van der Waals surface area contributed by atoms with Gasteiger partial charge in [-0.2, -0.15) is 0 Å². The third kappa shape index (κ3) is 4.69. The van der Waals surface area contributed by atoms with Crippen molar-refractivity contribution in [3.63, 3.8) is 0 Å². The predicted octanol–water partition coefficient (Wildman–Crippen LogP) is 7.11. The molecule has 6 nitrogen and oxygen atoms in total. The first-order chi connectivity index (χ1) is 14.1. The second-order valence-electron chi connectivity index (χ2n) is 5.97. The van der Waals surface area contributed by atoms with E-state index < -0.39 is 7.59 Å². The van der Waals surface area contributed by atoms with Crippen LogP contribution in [0.25, 0.3) is 34.0 Å². The molecule has 2 heterocycles. The molecule has 0 aliphatic rings. The van der Waals surface area contributed by atoms with Crippen molar-refractivity contribution in [1.29, 1.82) is 0 Å². The topological polar surface area (TPSA) is 77.8 Å². The van der Waals surface area contributed by atoms with Crippen molar-refractivity contribution in [1.82, 2.24) is 20.4 Å². The van der Waals surface area contributed by atoms with E-state index in [2.05, 4.69) is 20.4 Å². The van der Waals surface area contributed by atoms with Crippen LogP contribution in [0.3, 0.4) is 0 Å². The summed E-state index contributed by atoms with van der Waals surface area (Å²) in [4.78, 5) is 0. The summed E-state index contributed by atoms with van der Waals surface area (Å²) >= 11 is 34.5. The van der Waals surface area contributed by atoms with Crippen molar-refractivity contribution >= 4 is 69.6 Å². The Balaban J connectivity index is 1.53. The molecule has 4 aromatic rings. The molecule has 0 saturated heterocycles. The number of benzene rings is 2. The van der Waals surface area contributed by atoms with Crippen LogP contribution >= 0.6 is 69.6 Å². The molecule has 0 atom stereocenters. The summed E-state index contributed by atoms with van der Waals surface area (Å²) < 4.78 is 7.26. The molecule has 0 bridgehead atoms. The van der Waals surface area contributed by atoms with Gasteiger partial charge in [0, 0.05) is 11.1 Å². The van der Waals surface area contributed by atoms with Crippen LogP contribution in [-0.4, -0.2) is 20.4 Å². The smallest absolute Gasteiger partial charge is 0.268 e. The maximum atomic E-state index is 5.75. The van der Waals surface area contributed by atoms with Gasteiger partial charge in [-0.25, -0.2) is 0 Å². The Kier molecular flexibility index (Phi) is 5.92. The van der Waals surface area contributed by atoms with E-state index >= 15 is 0 Å². The highest BCUT2D eigenvalue weighted by molar-refractivity contribution is 6.66. The minimum absolute atomic E-state index is 0.0962. The number of nitrogens with zero attached hydrogens (tertiary/aromatic N) is 4. The average molecular weight is 525 g/mol. The van der Waals surface area contributed by atoms with Gasteiger partial charge in [-0.15, -0.1) is 20.4 Å². The molecule has 0 saturated carbocycles. The first-order valence-electron chi connectivity index (χ1n) is 8.14. The Morgan fingerprint density at radius 1 is 0.467 bits per heavy atom. The van der Waals surface area contributed by atoms with E-state index in [1.807, 2.05) is 48.5 Å². The normalized spacial score (nSPS) is 12.3. The van der Waals surface area contributed by atoms with Crippen molar-refractivity contribution in [3.8, 4) is 34.0 Å². The molecule has 0 fully saturated rings. The number of halogens is 6. The summed E-state index contributed by atoms with van der Waals surface area (Å²) in [5.41, 5.74) is 3.29. The summed E-state index contributed by atoms with van der Waals surface area (Å²) in [6.07, 6.45) is 0. The molecule has 0 unspecified atom stereocenters. The first kappa shape index (κ1) is 21.7. The zero-order chi connectivity index (χ0) is 21.5. The second kappa shape index (κ2) is 8.19. The zero-order valence-electron chi connectivity index (χ0n) is 14.5. The Bertz CT molecular complexity index is 1070. The highest BCUT2D eigenvalue weighted by Gasteiger charge is 2.31. The van der Waals surface area contributed by atoms with E-state index in [4.69, 9.17) is 78.4 Å². The number of hydrogen-bond donors (Lipinski definition) is 0. The minimum Gasteiger partial charge on any atom is -0.416 e. The lowest BCUT2D eigenvalue weighted by Gasteiger charge is -2.05. The van der Waals surface area contributed by atoms with Crippen LogP contribution in [-0.2, 0) is 7.59 Å². The summed E-state index contributed by atoms with van der Waals surface area (Å²) in [5.74, 6) is 0.306. The SMILES string of the molecule is ClC(Cl)(Cl)c1nnc(-c2ccc(-c3ccc(-c4nnc(C(Cl)(Cl)Cl)o4)cc3)cc2)o1. The van der Waals surface area contributed by atoms with Gasteiger partial charge in [-0.3, -0.25) is 0 Å². The fourth-order valence-corrected chi connectivity index (χ4v) is 2.98. The Morgan fingerprint density at radius 2 is 0.767 bits per heavy atom. The maximum absolute atomic E-state index is 5.75. The molecule has 2 aromatic carbocycles. The highest BCUT2D eigenvalue weighted by Crippen LogP contribution is 2.39. The van der Waals surface area contributed by atoms with E-state index in [0.717, 1.165) is 11.1 Å². The molecule has 0 aliphatic heterocycles. The summed E-state index contributed by atoms with van der Waals surface area (Å²) in [6, 6.07) is 14.9. The number of rotatable bonds is 3. The van der Waals surface area contributed by atoms with Gasteiger partial charge >= 0.3 is 0 Å². The van der Waals surface area contributed by atoms with Gasteiger partial charge < -0.3 is 8.83 Å². The van der Waals surface area contributed by atoms with Gasteiger partial charge in [-0.05, 0) is 35.4 Å². The first-order valence-corrected chi connectivity index (χ1v) is 10.4. The van der Waals surface area contributed by atoms with Gasteiger partial charge in [0.1, 0.15) is 0 Å². The highest BCUT2D eigenvalue weighted by atomic mass is 35.6. The summed E-state index contributed by atoms with van der Waals surface area (Å²) in [5, 5.41) is 15.3. The van der Waals surface area contributed by atoms with Crippen LogP contribution in [0.5, 0.6) is 0 Å². The Labute approximate surface area is 200 Å². The molecule has 4 rings (SSSR count). The number of alkyl halides is 6. The van der Waals surface area contributed by atoms with Crippen molar-refractivity contribution in [3.05, 3.63) is 60.3 Å². The fraction of sp³-hybridized carbons (Fsp3) is 0.111. The van der Waals surface area contributed by atoms with Gasteiger partial charge in [0.15, 0.2) is 0 Å². The van der Waals surface area contributed by atoms with Crippen LogP contribution in [0, 0.1) is 0 Å². The van der Waals surface area contributed by atoms with E-state index in [0.29, 0.717) is 11.1 Å². The van der Waals surface area contributed by atoms with Crippen LogP contribution < -0.4 is 0 Å². The molecule has 2 aromatic heterocycles. The standard InChI is InChI=1S/C18H8Cl6N4O2/c19-17(20,21)15-27-25-13(29-15)11-5-1-9(2-6-11)10-3-7-12(8-4-10)14-26-28-16(30-14)18(22,23)24/h1-8H. The van der Waals surface area contributed by atoms with E-state index in [1.165, 1.54) is 0 Å². The van der Waals surface area contributed by atoms with E-state index in [-0.39, 0.29) is 23.6 Å². The average Bonchev–Trinajstić information content (AvgIpc) is 3.38. The van der Waals surface area contributed by atoms with Crippen molar-refractivity contribution in [2.24, 2.45) is 0 Å². The molecule has 0 radical (unpaired) electrons. The lowest BCUT2D eigenvalue weighted by atomic mass is 10.0. The van der Waals surface area contributed by atoms with Crippen molar-refractivity contribution < 1.29 is 8.83 Å². The van der Waals surface area contributed by atoms with Crippen LogP contribution in [0.4, 0.5) is 0 Å². The van der Waals surface area contributed by atoms with Gasteiger partial charge in [0.25, 0.3) is 19.4 Å². The van der Waals surface area contributed by atoms with Crippen molar-refractivity contribution in [2.75, 3.05) is 0 Å². The molecule has 0 spiro atoms. The van der Waals surface area contributed by atoms with Gasteiger partial charge in [-0.1, -0.05) is 93.9 Å². The summed E-state index contributed by atoms with van der Waals surface area (Å²) in [7, 11) is 0. The Morgan fingerprint density at radius 3 is 1.03 bits per heavy atom. The fourth-order valence-electron chi connectivity index (χ4n) is 2.52. The molecule has 30 heavy (non-hydrogen) atoms. The molecule has 0 aliphatic carbocycles. The molecular weight excluding hydrogens is 517 g/mol. The monoisotopic (exact) mass is 522 g/mol. The van der Waals surface area contributed by atoms with E-state index in [9.17, 15) is 0 Å². The lowest BCUT2D eigenvalue weighted by Crippen LogP contribution is -1.99. The lowest BCUT2D eigenvalue weighted by molar-refractivity contribution is 0.514. The van der Waals surface area contributed by atoms with E-state index in [1.54, 1.807) is 0 Å². The van der Waals surface area contributed by atoms with Crippen molar-refractivity contribution in [2.45, 2.75) is 7.59 Å². The Hall–Kier alpha value is -1.54. The van der Waals surface area contributed by atoms with Crippen LogP contribution in [0.2, 0.25) is 0 Å².